The third-order valence-corrected chi connectivity index (χ3v) is 5.10. The molecular weight excluding hydrogens is 300 g/mol. The Morgan fingerprint density at radius 3 is 1.68 bits per heavy atom. The molecule has 0 heteroatoms. The molecule has 0 atom stereocenters. The second kappa shape index (κ2) is 5.46. The monoisotopic (exact) mass is 318 g/mol. The van der Waals surface area contributed by atoms with Gasteiger partial charge < -0.3 is 0 Å². The maximum absolute atomic E-state index is 2.35. The van der Waals surface area contributed by atoms with Gasteiger partial charge in [-0.25, -0.2) is 0 Å². The SMILES string of the molecule is Cc1ccc2c3ccccc3c3ccc(-c4ccccc4)cc3c2c1. The van der Waals surface area contributed by atoms with Crippen LogP contribution in [0.15, 0.2) is 91.0 Å². The summed E-state index contributed by atoms with van der Waals surface area (Å²) in [5.41, 5.74) is 3.83. The molecule has 0 bridgehead atoms. The zero-order chi connectivity index (χ0) is 16.8. The fourth-order valence-corrected chi connectivity index (χ4v) is 3.88. The van der Waals surface area contributed by atoms with Crippen LogP contribution in [0.25, 0.3) is 43.4 Å². The zero-order valence-electron chi connectivity index (χ0n) is 14.2. The summed E-state index contributed by atoms with van der Waals surface area (Å²) in [4.78, 5) is 0. The molecule has 25 heavy (non-hydrogen) atoms. The molecule has 0 saturated heterocycles. The first-order valence-electron chi connectivity index (χ1n) is 8.71. The van der Waals surface area contributed by atoms with E-state index in [1.807, 2.05) is 0 Å². The maximum atomic E-state index is 2.35. The van der Waals surface area contributed by atoms with E-state index in [4.69, 9.17) is 0 Å². The lowest BCUT2D eigenvalue weighted by molar-refractivity contribution is 1.51. The van der Waals surface area contributed by atoms with Crippen molar-refractivity contribution in [1.29, 1.82) is 0 Å². The predicted molar refractivity (Wildman–Crippen MR) is 109 cm³/mol. The molecule has 5 rings (SSSR count). The van der Waals surface area contributed by atoms with Crippen LogP contribution < -0.4 is 0 Å². The maximum Gasteiger partial charge on any atom is -0.00927 e. The summed E-state index contributed by atoms with van der Waals surface area (Å²) in [6.45, 7) is 2.17. The first-order valence-corrected chi connectivity index (χ1v) is 8.71. The number of benzene rings is 5. The van der Waals surface area contributed by atoms with Crippen molar-refractivity contribution in [3.63, 3.8) is 0 Å². The molecule has 0 saturated carbocycles. The van der Waals surface area contributed by atoms with Crippen LogP contribution in [0.4, 0.5) is 0 Å². The number of rotatable bonds is 1. The van der Waals surface area contributed by atoms with Crippen molar-refractivity contribution in [3.8, 4) is 11.1 Å². The Bertz CT molecular complexity index is 1230. The highest BCUT2D eigenvalue weighted by Gasteiger charge is 2.09. The van der Waals surface area contributed by atoms with Gasteiger partial charge in [0.2, 0.25) is 0 Å². The molecule has 0 unspecified atom stereocenters. The van der Waals surface area contributed by atoms with Crippen molar-refractivity contribution in [2.75, 3.05) is 0 Å². The second-order valence-electron chi connectivity index (χ2n) is 6.72. The Morgan fingerprint density at radius 2 is 0.960 bits per heavy atom. The van der Waals surface area contributed by atoms with Gasteiger partial charge in [-0.05, 0) is 56.4 Å². The van der Waals surface area contributed by atoms with E-state index in [0.717, 1.165) is 0 Å². The first-order chi connectivity index (χ1) is 12.3. The van der Waals surface area contributed by atoms with Crippen LogP contribution in [-0.4, -0.2) is 0 Å². The molecule has 0 aromatic heterocycles. The lowest BCUT2D eigenvalue weighted by Crippen LogP contribution is -1.85. The number of hydrogen-bond donors (Lipinski definition) is 0. The van der Waals surface area contributed by atoms with Gasteiger partial charge in [0.25, 0.3) is 0 Å². The molecule has 0 aliphatic carbocycles. The molecule has 118 valence electrons. The summed E-state index contributed by atoms with van der Waals surface area (Å²) < 4.78 is 0. The summed E-state index contributed by atoms with van der Waals surface area (Å²) in [6, 6.07) is 33.0. The average Bonchev–Trinajstić information content (AvgIpc) is 2.68. The molecule has 5 aromatic rings. The van der Waals surface area contributed by atoms with Crippen molar-refractivity contribution >= 4 is 32.3 Å². The number of aryl methyl sites for hydroxylation is 1. The second-order valence-corrected chi connectivity index (χ2v) is 6.72. The van der Waals surface area contributed by atoms with Gasteiger partial charge in [-0.3, -0.25) is 0 Å². The lowest BCUT2D eigenvalue weighted by atomic mass is 9.91. The van der Waals surface area contributed by atoms with Crippen molar-refractivity contribution < 1.29 is 0 Å². The predicted octanol–water partition coefficient (Wildman–Crippen LogP) is 7.12. The Labute approximate surface area is 147 Å². The van der Waals surface area contributed by atoms with Gasteiger partial charge in [-0.1, -0.05) is 90.5 Å². The molecule has 0 heterocycles. The van der Waals surface area contributed by atoms with Crippen LogP contribution >= 0.6 is 0 Å². The highest BCUT2D eigenvalue weighted by atomic mass is 14.1. The van der Waals surface area contributed by atoms with Crippen molar-refractivity contribution in [2.24, 2.45) is 0 Å². The molecule has 0 amide bonds. The van der Waals surface area contributed by atoms with Gasteiger partial charge in [-0.2, -0.15) is 0 Å². The summed E-state index contributed by atoms with van der Waals surface area (Å²) in [6.07, 6.45) is 0. The quantitative estimate of drug-likeness (QED) is 0.289. The summed E-state index contributed by atoms with van der Waals surface area (Å²) >= 11 is 0. The van der Waals surface area contributed by atoms with E-state index in [-0.39, 0.29) is 0 Å². The summed E-state index contributed by atoms with van der Waals surface area (Å²) in [5.74, 6) is 0. The van der Waals surface area contributed by atoms with Crippen LogP contribution in [0.1, 0.15) is 5.56 Å². The molecule has 0 nitrogen and oxygen atoms in total. The summed E-state index contributed by atoms with van der Waals surface area (Å²) in [7, 11) is 0. The molecule has 0 spiro atoms. The van der Waals surface area contributed by atoms with Crippen molar-refractivity contribution in [2.45, 2.75) is 6.92 Å². The van der Waals surface area contributed by atoms with E-state index >= 15 is 0 Å². The minimum absolute atomic E-state index is 1.26. The van der Waals surface area contributed by atoms with E-state index in [0.29, 0.717) is 0 Å². The van der Waals surface area contributed by atoms with E-state index in [1.54, 1.807) is 0 Å². The van der Waals surface area contributed by atoms with E-state index in [1.165, 1.54) is 49.0 Å². The minimum Gasteiger partial charge on any atom is -0.0622 e. The molecular formula is C25H18. The van der Waals surface area contributed by atoms with Gasteiger partial charge in [-0.15, -0.1) is 0 Å². The van der Waals surface area contributed by atoms with Gasteiger partial charge >= 0.3 is 0 Å². The minimum atomic E-state index is 1.26. The molecule has 0 aliphatic heterocycles. The Balaban J connectivity index is 1.97. The van der Waals surface area contributed by atoms with Crippen LogP contribution in [-0.2, 0) is 0 Å². The zero-order valence-corrected chi connectivity index (χ0v) is 14.2. The smallest absolute Gasteiger partial charge is 0.00927 e. The molecule has 5 aromatic carbocycles. The highest BCUT2D eigenvalue weighted by Crippen LogP contribution is 2.37. The van der Waals surface area contributed by atoms with E-state index < -0.39 is 0 Å². The lowest BCUT2D eigenvalue weighted by Gasteiger charge is -2.12. The van der Waals surface area contributed by atoms with E-state index in [9.17, 15) is 0 Å². The van der Waals surface area contributed by atoms with Gasteiger partial charge in [0.15, 0.2) is 0 Å². The highest BCUT2D eigenvalue weighted by molar-refractivity contribution is 6.25. The third kappa shape index (κ3) is 2.22. The fraction of sp³-hybridized carbons (Fsp3) is 0.0400. The van der Waals surface area contributed by atoms with Gasteiger partial charge in [0.05, 0.1) is 0 Å². The molecule has 0 N–H and O–H groups in total. The summed E-state index contributed by atoms with van der Waals surface area (Å²) in [5, 5.41) is 7.99. The normalized spacial score (nSPS) is 11.4. The topological polar surface area (TPSA) is 0 Å². The Hall–Kier alpha value is -3.12. The van der Waals surface area contributed by atoms with Gasteiger partial charge in [0.1, 0.15) is 0 Å². The third-order valence-electron chi connectivity index (χ3n) is 5.10. The fourth-order valence-electron chi connectivity index (χ4n) is 3.88. The molecule has 0 fully saturated rings. The Morgan fingerprint density at radius 1 is 0.400 bits per heavy atom. The van der Waals surface area contributed by atoms with Crippen molar-refractivity contribution in [3.05, 3.63) is 96.6 Å². The Kier molecular flexibility index (Phi) is 3.11. The van der Waals surface area contributed by atoms with E-state index in [2.05, 4.69) is 97.9 Å². The average molecular weight is 318 g/mol. The molecule has 0 aliphatic rings. The van der Waals surface area contributed by atoms with Crippen molar-refractivity contribution in [1.82, 2.24) is 0 Å². The van der Waals surface area contributed by atoms with Crippen LogP contribution in [0.2, 0.25) is 0 Å². The van der Waals surface area contributed by atoms with Crippen LogP contribution in [0.5, 0.6) is 0 Å². The first kappa shape index (κ1) is 14.2. The number of hydrogen-bond acceptors (Lipinski definition) is 0. The molecule has 0 radical (unpaired) electrons. The number of fused-ring (bicyclic) bond motifs is 6. The van der Waals surface area contributed by atoms with Crippen LogP contribution in [0.3, 0.4) is 0 Å². The standard InChI is InChI=1S/C25H18/c1-17-11-13-22-20-9-5-6-10-21(20)23-14-12-19(16-25(23)24(22)15-17)18-7-3-2-4-8-18/h2-16H,1H3. The van der Waals surface area contributed by atoms with Crippen LogP contribution in [0, 0.1) is 6.92 Å². The largest absolute Gasteiger partial charge is 0.0622 e. The van der Waals surface area contributed by atoms with Gasteiger partial charge in [0, 0.05) is 0 Å².